The van der Waals surface area contributed by atoms with E-state index in [2.05, 4.69) is 10.3 Å². The van der Waals surface area contributed by atoms with Gasteiger partial charge < -0.3 is 20.1 Å². The smallest absolute Gasteiger partial charge is 0.354 e. The number of hydrogen-bond donors (Lipinski definition) is 3. The largest absolute Gasteiger partial charge is 0.477 e. The molecule has 6 nitrogen and oxygen atoms in total. The minimum Gasteiger partial charge on any atom is -0.477 e. The van der Waals surface area contributed by atoms with Gasteiger partial charge in [-0.3, -0.25) is 4.79 Å². The van der Waals surface area contributed by atoms with Gasteiger partial charge in [0.1, 0.15) is 5.69 Å². The molecule has 1 aliphatic heterocycles. The van der Waals surface area contributed by atoms with Gasteiger partial charge in [-0.25, -0.2) is 4.79 Å². The summed E-state index contributed by atoms with van der Waals surface area (Å²) in [7, 11) is 0. The van der Waals surface area contributed by atoms with E-state index in [-0.39, 0.29) is 17.7 Å². The van der Waals surface area contributed by atoms with Crippen LogP contribution in [0.1, 0.15) is 48.3 Å². The van der Waals surface area contributed by atoms with Crippen LogP contribution in [-0.2, 0) is 9.53 Å². The quantitative estimate of drug-likeness (QED) is 0.771. The Balaban J connectivity index is 1.86. The van der Waals surface area contributed by atoms with E-state index in [0.717, 1.165) is 25.9 Å². The molecular weight excluding hydrogens is 260 g/mol. The molecule has 110 valence electrons. The molecule has 2 heterocycles. The van der Waals surface area contributed by atoms with Gasteiger partial charge in [-0.1, -0.05) is 0 Å². The fraction of sp³-hybridized carbons (Fsp3) is 0.571. The van der Waals surface area contributed by atoms with E-state index < -0.39 is 5.97 Å². The van der Waals surface area contributed by atoms with Crippen LogP contribution in [0.2, 0.25) is 0 Å². The Bertz CT molecular complexity index is 489. The number of ether oxygens (including phenoxy) is 1. The third kappa shape index (κ3) is 3.84. The first-order chi connectivity index (χ1) is 9.56. The zero-order valence-electron chi connectivity index (χ0n) is 11.6. The van der Waals surface area contributed by atoms with Gasteiger partial charge in [0.25, 0.3) is 0 Å². The molecule has 0 radical (unpaired) electrons. The summed E-state index contributed by atoms with van der Waals surface area (Å²) < 4.78 is 5.56. The van der Waals surface area contributed by atoms with Crippen molar-refractivity contribution in [3.63, 3.8) is 0 Å². The van der Waals surface area contributed by atoms with Crippen molar-refractivity contribution in [1.29, 1.82) is 0 Å². The molecule has 0 spiro atoms. The zero-order valence-corrected chi connectivity index (χ0v) is 11.6. The summed E-state index contributed by atoms with van der Waals surface area (Å²) >= 11 is 0. The molecule has 20 heavy (non-hydrogen) atoms. The molecule has 1 aromatic rings. The van der Waals surface area contributed by atoms with Crippen LogP contribution < -0.4 is 5.32 Å². The maximum absolute atomic E-state index is 11.9. The molecule has 0 aliphatic carbocycles. The molecule has 0 saturated carbocycles. The van der Waals surface area contributed by atoms with Crippen molar-refractivity contribution in [3.05, 3.63) is 17.5 Å². The Kier molecular flexibility index (Phi) is 4.79. The fourth-order valence-corrected chi connectivity index (χ4v) is 2.40. The highest BCUT2D eigenvalue weighted by Crippen LogP contribution is 2.19. The Morgan fingerprint density at radius 2 is 2.30 bits per heavy atom. The van der Waals surface area contributed by atoms with Crippen molar-refractivity contribution in [1.82, 2.24) is 4.98 Å². The Hall–Kier alpha value is -1.82. The number of hydrogen-bond acceptors (Lipinski definition) is 3. The maximum Gasteiger partial charge on any atom is 0.354 e. The lowest BCUT2D eigenvalue weighted by Crippen LogP contribution is -2.22. The average Bonchev–Trinajstić information content (AvgIpc) is 2.79. The average molecular weight is 280 g/mol. The molecule has 1 aromatic heterocycles. The van der Waals surface area contributed by atoms with Crippen molar-refractivity contribution < 1.29 is 19.4 Å². The first kappa shape index (κ1) is 14.6. The number of amides is 1. The van der Waals surface area contributed by atoms with Crippen molar-refractivity contribution in [3.8, 4) is 0 Å². The predicted molar refractivity (Wildman–Crippen MR) is 73.9 cm³/mol. The molecule has 1 fully saturated rings. The van der Waals surface area contributed by atoms with Gasteiger partial charge >= 0.3 is 5.97 Å². The summed E-state index contributed by atoms with van der Waals surface area (Å²) in [5.41, 5.74) is 1.04. The Labute approximate surface area is 117 Å². The number of nitrogens with one attached hydrogen (secondary N) is 2. The van der Waals surface area contributed by atoms with E-state index in [4.69, 9.17) is 9.84 Å². The number of carboxylic acid groups (broad SMARTS) is 1. The summed E-state index contributed by atoms with van der Waals surface area (Å²) in [6, 6.07) is 1.62. The van der Waals surface area contributed by atoms with Crippen LogP contribution in [0.5, 0.6) is 0 Å². The second-order valence-electron chi connectivity index (χ2n) is 5.12. The fourth-order valence-electron chi connectivity index (χ4n) is 2.40. The summed E-state index contributed by atoms with van der Waals surface area (Å²) in [4.78, 5) is 25.6. The number of carbonyl (C=O) groups excluding carboxylic acids is 1. The van der Waals surface area contributed by atoms with Gasteiger partial charge in [0.2, 0.25) is 5.91 Å². The van der Waals surface area contributed by atoms with Crippen LogP contribution in [0.25, 0.3) is 0 Å². The van der Waals surface area contributed by atoms with Crippen LogP contribution >= 0.6 is 0 Å². The second-order valence-corrected chi connectivity index (χ2v) is 5.12. The second kappa shape index (κ2) is 6.56. The summed E-state index contributed by atoms with van der Waals surface area (Å²) in [5, 5.41) is 11.7. The number of H-pyrrole nitrogens is 1. The molecule has 1 unspecified atom stereocenters. The molecule has 1 saturated heterocycles. The standard InChI is InChI=1S/C14H20N2O4/c1-9-8-11(13(15-9)14(18)19)16-12(17)6-5-10-4-2-3-7-20-10/h8,10,15H,2-7H2,1H3,(H,16,17)(H,18,19). The van der Waals surface area contributed by atoms with E-state index >= 15 is 0 Å². The van der Waals surface area contributed by atoms with Crippen LogP contribution in [0.4, 0.5) is 5.69 Å². The van der Waals surface area contributed by atoms with Gasteiger partial charge in [-0.05, 0) is 38.7 Å². The molecule has 1 atom stereocenters. The first-order valence-corrected chi connectivity index (χ1v) is 6.90. The normalized spacial score (nSPS) is 18.8. The van der Waals surface area contributed by atoms with Gasteiger partial charge in [0.05, 0.1) is 11.8 Å². The number of aromatic amines is 1. The maximum atomic E-state index is 11.9. The van der Waals surface area contributed by atoms with Crippen LogP contribution in [0, 0.1) is 6.92 Å². The van der Waals surface area contributed by atoms with E-state index in [1.54, 1.807) is 13.0 Å². The Morgan fingerprint density at radius 1 is 1.50 bits per heavy atom. The highest BCUT2D eigenvalue weighted by atomic mass is 16.5. The monoisotopic (exact) mass is 280 g/mol. The molecule has 0 aromatic carbocycles. The van der Waals surface area contributed by atoms with Gasteiger partial charge in [0, 0.05) is 18.7 Å². The molecule has 6 heteroatoms. The molecule has 3 N–H and O–H groups in total. The number of aryl methyl sites for hydroxylation is 1. The lowest BCUT2D eigenvalue weighted by Gasteiger charge is -2.22. The summed E-state index contributed by atoms with van der Waals surface area (Å²) in [6.07, 6.45) is 4.41. The zero-order chi connectivity index (χ0) is 14.5. The number of carbonyl (C=O) groups is 2. The van der Waals surface area contributed by atoms with Crippen molar-refractivity contribution >= 4 is 17.6 Å². The number of aromatic carboxylic acids is 1. The van der Waals surface area contributed by atoms with Crippen LogP contribution in [0.3, 0.4) is 0 Å². The third-order valence-electron chi connectivity index (χ3n) is 3.41. The van der Waals surface area contributed by atoms with Crippen LogP contribution in [-0.4, -0.2) is 34.7 Å². The summed E-state index contributed by atoms with van der Waals surface area (Å²) in [5.74, 6) is -1.26. The number of anilines is 1. The minimum atomic E-state index is -1.08. The van der Waals surface area contributed by atoms with Gasteiger partial charge in [0.15, 0.2) is 0 Å². The molecular formula is C14H20N2O4. The van der Waals surface area contributed by atoms with E-state index in [9.17, 15) is 9.59 Å². The molecule has 0 bridgehead atoms. The van der Waals surface area contributed by atoms with Crippen LogP contribution in [0.15, 0.2) is 6.07 Å². The Morgan fingerprint density at radius 3 is 2.95 bits per heavy atom. The van der Waals surface area contributed by atoms with E-state index in [1.165, 1.54) is 0 Å². The number of carboxylic acids is 1. The molecule has 1 aliphatic rings. The topological polar surface area (TPSA) is 91.4 Å². The van der Waals surface area contributed by atoms with Crippen molar-refractivity contribution in [2.24, 2.45) is 0 Å². The van der Waals surface area contributed by atoms with Gasteiger partial charge in [-0.2, -0.15) is 0 Å². The summed E-state index contributed by atoms with van der Waals surface area (Å²) in [6.45, 7) is 2.52. The third-order valence-corrected chi connectivity index (χ3v) is 3.41. The number of rotatable bonds is 5. The van der Waals surface area contributed by atoms with E-state index in [1.807, 2.05) is 0 Å². The highest BCUT2D eigenvalue weighted by molar-refractivity contribution is 5.99. The lowest BCUT2D eigenvalue weighted by atomic mass is 10.0. The molecule has 1 amide bonds. The molecule has 2 rings (SSSR count). The van der Waals surface area contributed by atoms with E-state index in [0.29, 0.717) is 24.2 Å². The minimum absolute atomic E-state index is 0.0183. The van der Waals surface area contributed by atoms with Gasteiger partial charge in [-0.15, -0.1) is 0 Å². The SMILES string of the molecule is Cc1cc(NC(=O)CCC2CCCCO2)c(C(=O)O)[nH]1. The van der Waals surface area contributed by atoms with Crippen molar-refractivity contribution in [2.75, 3.05) is 11.9 Å². The predicted octanol–water partition coefficient (Wildman–Crippen LogP) is 2.31. The first-order valence-electron chi connectivity index (χ1n) is 6.90. The lowest BCUT2D eigenvalue weighted by molar-refractivity contribution is -0.117. The highest BCUT2D eigenvalue weighted by Gasteiger charge is 2.18. The number of aromatic nitrogens is 1. The van der Waals surface area contributed by atoms with Crippen molar-refractivity contribution in [2.45, 2.75) is 45.1 Å².